The van der Waals surface area contributed by atoms with Crippen molar-refractivity contribution in [1.29, 1.82) is 0 Å². The first kappa shape index (κ1) is 11.6. The van der Waals surface area contributed by atoms with Crippen molar-refractivity contribution in [2.45, 2.75) is 13.0 Å². The van der Waals surface area contributed by atoms with Gasteiger partial charge in [0.25, 0.3) is 0 Å². The zero-order valence-electron chi connectivity index (χ0n) is 9.07. The van der Waals surface area contributed by atoms with Gasteiger partial charge < -0.3 is 10.5 Å². The third-order valence-corrected chi connectivity index (χ3v) is 3.32. The zero-order valence-corrected chi connectivity index (χ0v) is 9.83. The molecule has 2 unspecified atom stereocenters. The van der Waals surface area contributed by atoms with E-state index in [1.165, 1.54) is 0 Å². The average molecular weight is 240 g/mol. The number of Topliss-reactive ketones (excluding diaryl/α,β-unsaturated/α-hetero) is 1. The van der Waals surface area contributed by atoms with Gasteiger partial charge >= 0.3 is 0 Å². The Labute approximate surface area is 99.5 Å². The fourth-order valence-electron chi connectivity index (χ4n) is 1.80. The number of ketones is 1. The predicted molar refractivity (Wildman–Crippen MR) is 62.8 cm³/mol. The van der Waals surface area contributed by atoms with Crippen LogP contribution in [0.15, 0.2) is 18.2 Å². The van der Waals surface area contributed by atoms with Gasteiger partial charge in [0.05, 0.1) is 19.1 Å². The fraction of sp³-hybridized carbons (Fsp3) is 0.417. The lowest BCUT2D eigenvalue weighted by atomic mass is 9.93. The number of hydrogen-bond acceptors (Lipinski definition) is 3. The van der Waals surface area contributed by atoms with E-state index in [4.69, 9.17) is 22.1 Å². The fourth-order valence-corrected chi connectivity index (χ4v) is 1.98. The first-order valence-corrected chi connectivity index (χ1v) is 5.61. The number of ether oxygens (including phenoxy) is 1. The van der Waals surface area contributed by atoms with Crippen LogP contribution < -0.4 is 5.73 Å². The third-order valence-electron chi connectivity index (χ3n) is 2.92. The average Bonchev–Trinajstić information content (AvgIpc) is 2.67. The molecule has 1 fully saturated rings. The van der Waals surface area contributed by atoms with Gasteiger partial charge in [-0.05, 0) is 18.6 Å². The highest BCUT2D eigenvalue weighted by atomic mass is 35.5. The van der Waals surface area contributed by atoms with Gasteiger partial charge in [-0.25, -0.2) is 0 Å². The molecule has 4 heteroatoms. The second-order valence-corrected chi connectivity index (χ2v) is 4.54. The monoisotopic (exact) mass is 239 g/mol. The Bertz CT molecular complexity index is 419. The molecule has 0 aromatic heterocycles. The summed E-state index contributed by atoms with van der Waals surface area (Å²) in [6, 6.07) is 5.13. The number of nitrogens with two attached hydrogens (primary N) is 1. The molecule has 1 heterocycles. The molecule has 0 spiro atoms. The Hall–Kier alpha value is -0.900. The molecule has 1 saturated heterocycles. The maximum absolute atomic E-state index is 12.1. The third kappa shape index (κ3) is 2.12. The lowest BCUT2D eigenvalue weighted by molar-refractivity contribution is 0.0896. The minimum absolute atomic E-state index is 0.0203. The number of aryl methyl sites for hydroxylation is 1. The molecule has 0 amide bonds. The quantitative estimate of drug-likeness (QED) is 0.801. The van der Waals surface area contributed by atoms with Gasteiger partial charge in [-0.1, -0.05) is 23.7 Å². The van der Waals surface area contributed by atoms with E-state index in [1.54, 1.807) is 12.1 Å². The number of hydrogen-bond donors (Lipinski definition) is 1. The molecule has 0 radical (unpaired) electrons. The van der Waals surface area contributed by atoms with Crippen LogP contribution in [0.2, 0.25) is 5.02 Å². The Morgan fingerprint density at radius 1 is 1.50 bits per heavy atom. The number of carbonyl (C=O) groups is 1. The Kier molecular flexibility index (Phi) is 3.28. The Morgan fingerprint density at radius 3 is 2.81 bits per heavy atom. The summed E-state index contributed by atoms with van der Waals surface area (Å²) in [5.74, 6) is -0.217. The van der Waals surface area contributed by atoms with Crippen LogP contribution >= 0.6 is 11.6 Å². The summed E-state index contributed by atoms with van der Waals surface area (Å²) < 4.78 is 5.19. The van der Waals surface area contributed by atoms with Crippen LogP contribution in [0.5, 0.6) is 0 Å². The van der Waals surface area contributed by atoms with Crippen molar-refractivity contribution >= 4 is 17.4 Å². The minimum atomic E-state index is -0.237. The molecule has 2 atom stereocenters. The van der Waals surface area contributed by atoms with Gasteiger partial charge in [-0.3, -0.25) is 4.79 Å². The van der Waals surface area contributed by atoms with Gasteiger partial charge in [0.1, 0.15) is 0 Å². The molecule has 2 N–H and O–H groups in total. The summed E-state index contributed by atoms with van der Waals surface area (Å²) in [4.78, 5) is 12.1. The molecular formula is C12H14ClNO2. The smallest absolute Gasteiger partial charge is 0.169 e. The zero-order chi connectivity index (χ0) is 11.7. The largest absolute Gasteiger partial charge is 0.379 e. The van der Waals surface area contributed by atoms with Crippen molar-refractivity contribution < 1.29 is 9.53 Å². The molecule has 1 aliphatic rings. The number of benzene rings is 1. The van der Waals surface area contributed by atoms with Crippen LogP contribution in [0.1, 0.15) is 15.9 Å². The van der Waals surface area contributed by atoms with Gasteiger partial charge in [0, 0.05) is 16.6 Å². The van der Waals surface area contributed by atoms with Crippen LogP contribution in [-0.2, 0) is 4.74 Å². The van der Waals surface area contributed by atoms with Crippen LogP contribution in [-0.4, -0.2) is 25.0 Å². The topological polar surface area (TPSA) is 52.3 Å². The SMILES string of the molecule is Cc1ccc(C(=O)C2COCC2N)cc1Cl. The van der Waals surface area contributed by atoms with E-state index in [0.717, 1.165) is 5.56 Å². The summed E-state index contributed by atoms with van der Waals surface area (Å²) in [5.41, 5.74) is 7.38. The van der Waals surface area contributed by atoms with E-state index in [9.17, 15) is 4.79 Å². The van der Waals surface area contributed by atoms with Crippen molar-refractivity contribution in [2.75, 3.05) is 13.2 Å². The van der Waals surface area contributed by atoms with E-state index in [0.29, 0.717) is 23.8 Å². The van der Waals surface area contributed by atoms with Crippen molar-refractivity contribution in [3.05, 3.63) is 34.3 Å². The van der Waals surface area contributed by atoms with Gasteiger partial charge in [-0.15, -0.1) is 0 Å². The highest BCUT2D eigenvalue weighted by Crippen LogP contribution is 2.22. The van der Waals surface area contributed by atoms with Gasteiger partial charge in [0.15, 0.2) is 5.78 Å². The van der Waals surface area contributed by atoms with Crippen molar-refractivity contribution in [3.63, 3.8) is 0 Å². The molecule has 2 rings (SSSR count). The normalized spacial score (nSPS) is 24.7. The second-order valence-electron chi connectivity index (χ2n) is 4.14. The molecule has 1 aromatic rings. The summed E-state index contributed by atoms with van der Waals surface area (Å²) in [7, 11) is 0. The number of halogens is 1. The molecule has 0 bridgehead atoms. The highest BCUT2D eigenvalue weighted by molar-refractivity contribution is 6.31. The van der Waals surface area contributed by atoms with Crippen LogP contribution in [0.3, 0.4) is 0 Å². The van der Waals surface area contributed by atoms with E-state index < -0.39 is 0 Å². The molecule has 0 aliphatic carbocycles. The minimum Gasteiger partial charge on any atom is -0.379 e. The van der Waals surface area contributed by atoms with Crippen LogP contribution in [0, 0.1) is 12.8 Å². The molecule has 3 nitrogen and oxygen atoms in total. The first-order chi connectivity index (χ1) is 7.59. The lowest BCUT2D eigenvalue weighted by Crippen LogP contribution is -2.34. The number of carbonyl (C=O) groups excluding carboxylic acids is 1. The summed E-state index contributed by atoms with van der Waals surface area (Å²) in [6.45, 7) is 2.77. The predicted octanol–water partition coefficient (Wildman–Crippen LogP) is 1.80. The maximum atomic E-state index is 12.1. The van der Waals surface area contributed by atoms with Crippen LogP contribution in [0.25, 0.3) is 0 Å². The standard InChI is InChI=1S/C12H14ClNO2/c1-7-2-3-8(4-10(7)13)12(15)9-5-16-6-11(9)14/h2-4,9,11H,5-6,14H2,1H3. The van der Waals surface area contributed by atoms with Crippen molar-refractivity contribution in [3.8, 4) is 0 Å². The summed E-state index contributed by atoms with van der Waals surface area (Å²) >= 11 is 5.99. The summed E-state index contributed by atoms with van der Waals surface area (Å²) in [6.07, 6.45) is 0. The summed E-state index contributed by atoms with van der Waals surface area (Å²) in [5, 5.41) is 0.610. The second kappa shape index (κ2) is 4.53. The molecule has 1 aliphatic heterocycles. The van der Waals surface area contributed by atoms with Crippen LogP contribution in [0.4, 0.5) is 0 Å². The van der Waals surface area contributed by atoms with E-state index >= 15 is 0 Å². The maximum Gasteiger partial charge on any atom is 0.169 e. The lowest BCUT2D eigenvalue weighted by Gasteiger charge is -2.12. The molecule has 0 saturated carbocycles. The molecular weight excluding hydrogens is 226 g/mol. The molecule has 1 aromatic carbocycles. The molecule has 86 valence electrons. The highest BCUT2D eigenvalue weighted by Gasteiger charge is 2.31. The van der Waals surface area contributed by atoms with E-state index in [2.05, 4.69) is 0 Å². The Morgan fingerprint density at radius 2 is 2.25 bits per heavy atom. The van der Waals surface area contributed by atoms with E-state index in [1.807, 2.05) is 13.0 Å². The number of rotatable bonds is 2. The van der Waals surface area contributed by atoms with Gasteiger partial charge in [0.2, 0.25) is 0 Å². The van der Waals surface area contributed by atoms with E-state index in [-0.39, 0.29) is 17.7 Å². The Balaban J connectivity index is 2.23. The van der Waals surface area contributed by atoms with Gasteiger partial charge in [-0.2, -0.15) is 0 Å². The molecule has 16 heavy (non-hydrogen) atoms. The van der Waals surface area contributed by atoms with Crippen molar-refractivity contribution in [2.24, 2.45) is 11.7 Å². The van der Waals surface area contributed by atoms with Crippen molar-refractivity contribution in [1.82, 2.24) is 0 Å². The first-order valence-electron chi connectivity index (χ1n) is 5.23.